The molecule has 1 fully saturated rings. The van der Waals surface area contributed by atoms with E-state index in [-0.39, 0.29) is 11.9 Å². The van der Waals surface area contributed by atoms with Crippen molar-refractivity contribution in [3.8, 4) is 0 Å². The molecule has 1 aliphatic carbocycles. The summed E-state index contributed by atoms with van der Waals surface area (Å²) in [5.41, 5.74) is 0.387. The Hall–Kier alpha value is -1.65. The lowest BCUT2D eigenvalue weighted by Gasteiger charge is -2.32. The molecule has 0 saturated heterocycles. The molecule has 110 valence electrons. The fourth-order valence-electron chi connectivity index (χ4n) is 2.67. The third kappa shape index (κ3) is 3.68. The van der Waals surface area contributed by atoms with Crippen molar-refractivity contribution in [2.75, 3.05) is 11.9 Å². The minimum absolute atomic E-state index is 0.118. The van der Waals surface area contributed by atoms with E-state index >= 15 is 0 Å². The van der Waals surface area contributed by atoms with Gasteiger partial charge in [0, 0.05) is 12.6 Å². The van der Waals surface area contributed by atoms with E-state index in [1.807, 2.05) is 6.92 Å². The first-order valence-electron chi connectivity index (χ1n) is 7.48. The van der Waals surface area contributed by atoms with Gasteiger partial charge < -0.3 is 10.6 Å². The Bertz CT molecular complexity index is 446. The molecule has 1 amide bonds. The van der Waals surface area contributed by atoms with Crippen LogP contribution in [0.1, 0.15) is 50.5 Å². The van der Waals surface area contributed by atoms with Crippen molar-refractivity contribution in [3.05, 3.63) is 17.8 Å². The molecule has 1 aromatic rings. The lowest BCUT2D eigenvalue weighted by atomic mass is 9.79. The molecule has 0 bridgehead atoms. The molecular weight excluding hydrogens is 252 g/mol. The van der Waals surface area contributed by atoms with Crippen molar-refractivity contribution in [2.24, 2.45) is 11.8 Å². The number of nitrogens with zero attached hydrogens (tertiary/aromatic N) is 2. The summed E-state index contributed by atoms with van der Waals surface area (Å²) in [5.74, 6) is 2.00. The van der Waals surface area contributed by atoms with Crippen LogP contribution >= 0.6 is 0 Å². The van der Waals surface area contributed by atoms with Gasteiger partial charge in [-0.15, -0.1) is 10.2 Å². The minimum atomic E-state index is -0.118. The van der Waals surface area contributed by atoms with Gasteiger partial charge in [0.1, 0.15) is 5.82 Å². The first-order chi connectivity index (χ1) is 9.60. The highest BCUT2D eigenvalue weighted by molar-refractivity contribution is 5.92. The molecule has 0 aliphatic heterocycles. The van der Waals surface area contributed by atoms with Crippen molar-refractivity contribution >= 4 is 11.7 Å². The number of amides is 1. The standard InChI is InChI=1S/C15H24N4O/c1-4-16-14-8-7-13(18-19-14)15(20)17-12-6-5-10(2)11(3)9-12/h7-8,10-12H,4-6,9H2,1-3H3,(H,16,19)(H,17,20). The molecule has 1 aliphatic rings. The van der Waals surface area contributed by atoms with E-state index in [0.29, 0.717) is 17.4 Å². The molecule has 2 N–H and O–H groups in total. The average molecular weight is 276 g/mol. The summed E-state index contributed by atoms with van der Waals surface area (Å²) in [5, 5.41) is 14.1. The summed E-state index contributed by atoms with van der Waals surface area (Å²) in [6.07, 6.45) is 3.28. The molecule has 2 rings (SSSR count). The second-order valence-electron chi connectivity index (χ2n) is 5.77. The van der Waals surface area contributed by atoms with Crippen LogP contribution < -0.4 is 10.6 Å². The monoisotopic (exact) mass is 276 g/mol. The highest BCUT2D eigenvalue weighted by Crippen LogP contribution is 2.29. The van der Waals surface area contributed by atoms with Crippen LogP contribution in [0.15, 0.2) is 12.1 Å². The van der Waals surface area contributed by atoms with Crippen LogP contribution in [0.3, 0.4) is 0 Å². The molecule has 0 aromatic carbocycles. The summed E-state index contributed by atoms with van der Waals surface area (Å²) in [6, 6.07) is 3.77. The number of carbonyl (C=O) groups excluding carboxylic acids is 1. The quantitative estimate of drug-likeness (QED) is 0.886. The second-order valence-corrected chi connectivity index (χ2v) is 5.77. The number of carbonyl (C=O) groups is 1. The largest absolute Gasteiger partial charge is 0.369 e. The van der Waals surface area contributed by atoms with Gasteiger partial charge >= 0.3 is 0 Å². The van der Waals surface area contributed by atoms with Crippen LogP contribution in [0.2, 0.25) is 0 Å². The van der Waals surface area contributed by atoms with E-state index in [4.69, 9.17) is 0 Å². The first-order valence-corrected chi connectivity index (χ1v) is 7.48. The van der Waals surface area contributed by atoms with Gasteiger partial charge in [-0.25, -0.2) is 0 Å². The molecule has 1 heterocycles. The number of rotatable bonds is 4. The molecule has 0 radical (unpaired) electrons. The average Bonchev–Trinajstić information content (AvgIpc) is 2.44. The number of anilines is 1. The van der Waals surface area contributed by atoms with Crippen LogP contribution in [0, 0.1) is 11.8 Å². The van der Waals surface area contributed by atoms with Crippen LogP contribution in [-0.2, 0) is 0 Å². The van der Waals surface area contributed by atoms with E-state index in [1.165, 1.54) is 6.42 Å². The van der Waals surface area contributed by atoms with Gasteiger partial charge in [0.25, 0.3) is 5.91 Å². The van der Waals surface area contributed by atoms with E-state index in [1.54, 1.807) is 12.1 Å². The molecule has 5 nitrogen and oxygen atoms in total. The molecule has 0 spiro atoms. The van der Waals surface area contributed by atoms with Crippen molar-refractivity contribution in [2.45, 2.75) is 46.1 Å². The first kappa shape index (κ1) is 14.8. The summed E-state index contributed by atoms with van der Waals surface area (Å²) in [4.78, 5) is 12.1. The normalized spacial score (nSPS) is 26.1. The molecular formula is C15H24N4O. The number of hydrogen-bond donors (Lipinski definition) is 2. The third-order valence-electron chi connectivity index (χ3n) is 4.19. The van der Waals surface area contributed by atoms with Gasteiger partial charge in [0.15, 0.2) is 5.69 Å². The summed E-state index contributed by atoms with van der Waals surface area (Å²) < 4.78 is 0. The molecule has 1 saturated carbocycles. The summed E-state index contributed by atoms with van der Waals surface area (Å²) in [7, 11) is 0. The lowest BCUT2D eigenvalue weighted by Crippen LogP contribution is -2.40. The highest BCUT2D eigenvalue weighted by atomic mass is 16.2. The maximum absolute atomic E-state index is 12.1. The van der Waals surface area contributed by atoms with Crippen LogP contribution in [0.5, 0.6) is 0 Å². The Balaban J connectivity index is 1.91. The van der Waals surface area contributed by atoms with Crippen molar-refractivity contribution in [1.29, 1.82) is 0 Å². The Morgan fingerprint density at radius 3 is 2.65 bits per heavy atom. The zero-order valence-corrected chi connectivity index (χ0v) is 12.5. The topological polar surface area (TPSA) is 66.9 Å². The predicted octanol–water partition coefficient (Wildman–Crippen LogP) is 2.46. The van der Waals surface area contributed by atoms with Gasteiger partial charge in [-0.05, 0) is 50.2 Å². The van der Waals surface area contributed by atoms with Gasteiger partial charge in [-0.2, -0.15) is 0 Å². The van der Waals surface area contributed by atoms with E-state index < -0.39 is 0 Å². The van der Waals surface area contributed by atoms with Gasteiger partial charge in [-0.1, -0.05) is 13.8 Å². The fourth-order valence-corrected chi connectivity index (χ4v) is 2.67. The Kier molecular flexibility index (Phi) is 4.93. The molecule has 20 heavy (non-hydrogen) atoms. The second kappa shape index (κ2) is 6.68. The predicted molar refractivity (Wildman–Crippen MR) is 79.6 cm³/mol. The van der Waals surface area contributed by atoms with Gasteiger partial charge in [-0.3, -0.25) is 4.79 Å². The molecule has 3 atom stereocenters. The van der Waals surface area contributed by atoms with Crippen molar-refractivity contribution in [3.63, 3.8) is 0 Å². The summed E-state index contributed by atoms with van der Waals surface area (Å²) in [6.45, 7) is 7.33. The Morgan fingerprint density at radius 1 is 1.25 bits per heavy atom. The van der Waals surface area contributed by atoms with Gasteiger partial charge in [0.05, 0.1) is 0 Å². The fraction of sp³-hybridized carbons (Fsp3) is 0.667. The van der Waals surface area contributed by atoms with E-state index in [9.17, 15) is 4.79 Å². The molecule has 1 aromatic heterocycles. The van der Waals surface area contributed by atoms with Crippen molar-refractivity contribution < 1.29 is 4.79 Å². The minimum Gasteiger partial charge on any atom is -0.369 e. The Labute approximate surface area is 120 Å². The number of aromatic nitrogens is 2. The Morgan fingerprint density at radius 2 is 2.05 bits per heavy atom. The third-order valence-corrected chi connectivity index (χ3v) is 4.19. The number of nitrogens with one attached hydrogen (secondary N) is 2. The lowest BCUT2D eigenvalue weighted by molar-refractivity contribution is 0.0904. The smallest absolute Gasteiger partial charge is 0.272 e. The van der Waals surface area contributed by atoms with E-state index in [2.05, 4.69) is 34.7 Å². The maximum atomic E-state index is 12.1. The van der Waals surface area contributed by atoms with Gasteiger partial charge in [0.2, 0.25) is 0 Å². The van der Waals surface area contributed by atoms with E-state index in [0.717, 1.165) is 25.3 Å². The maximum Gasteiger partial charge on any atom is 0.272 e. The highest BCUT2D eigenvalue weighted by Gasteiger charge is 2.26. The van der Waals surface area contributed by atoms with Crippen molar-refractivity contribution in [1.82, 2.24) is 15.5 Å². The number of hydrogen-bond acceptors (Lipinski definition) is 4. The molecule has 3 unspecified atom stereocenters. The molecule has 5 heteroatoms. The zero-order chi connectivity index (χ0) is 14.5. The SMILES string of the molecule is CCNc1ccc(C(=O)NC2CCC(C)C(C)C2)nn1. The zero-order valence-electron chi connectivity index (χ0n) is 12.5. The van der Waals surface area contributed by atoms with Crippen LogP contribution in [0.25, 0.3) is 0 Å². The van der Waals surface area contributed by atoms with Crippen LogP contribution in [-0.4, -0.2) is 28.7 Å². The summed E-state index contributed by atoms with van der Waals surface area (Å²) >= 11 is 0. The van der Waals surface area contributed by atoms with Crippen LogP contribution in [0.4, 0.5) is 5.82 Å².